The van der Waals surface area contributed by atoms with Gasteiger partial charge in [0.05, 0.1) is 12.2 Å². The lowest BCUT2D eigenvalue weighted by molar-refractivity contribution is -0.328. The van der Waals surface area contributed by atoms with Gasteiger partial charge >= 0.3 is 12.3 Å². The maximum Gasteiger partial charge on any atom is 0.400 e. The Kier molecular flexibility index (Phi) is 7.50. The zero-order chi connectivity index (χ0) is 26.7. The second-order valence-electron chi connectivity index (χ2n) is 12.4. The fraction of sp³-hybridized carbons (Fsp3) is 0.857. The monoisotopic (exact) mass is 520 g/mol. The second-order valence-corrected chi connectivity index (χ2v) is 12.4. The molecular formula is C28H41F5O3. The van der Waals surface area contributed by atoms with Crippen LogP contribution in [0.25, 0.3) is 0 Å². The Bertz CT molecular complexity index is 883. The Hall–Kier alpha value is -0.990. The normalized spacial score (nSPS) is 40.5. The fourth-order valence-electron chi connectivity index (χ4n) is 8.53. The molecule has 9 atom stereocenters. The summed E-state index contributed by atoms with van der Waals surface area (Å²) >= 11 is 0. The molecule has 2 N–H and O–H groups in total. The van der Waals surface area contributed by atoms with Crippen LogP contribution in [0.3, 0.4) is 0 Å². The van der Waals surface area contributed by atoms with Crippen LogP contribution in [0, 0.1) is 40.4 Å². The van der Waals surface area contributed by atoms with Crippen molar-refractivity contribution in [3.8, 4) is 0 Å². The first-order valence-corrected chi connectivity index (χ1v) is 13.4. The number of methoxy groups -OCH3 is 1. The van der Waals surface area contributed by atoms with E-state index in [1.165, 1.54) is 5.57 Å². The highest BCUT2D eigenvalue weighted by atomic mass is 19.4. The van der Waals surface area contributed by atoms with Crippen molar-refractivity contribution < 1.29 is 36.9 Å². The van der Waals surface area contributed by atoms with Crippen molar-refractivity contribution in [2.24, 2.45) is 40.4 Å². The van der Waals surface area contributed by atoms with Crippen LogP contribution >= 0.6 is 0 Å². The first kappa shape index (κ1) is 28.0. The molecule has 0 aromatic heterocycles. The highest BCUT2D eigenvalue weighted by Crippen LogP contribution is 2.66. The van der Waals surface area contributed by atoms with Gasteiger partial charge in [0.2, 0.25) is 0 Å². The number of aliphatic hydroxyl groups excluding tert-OH is 2. The van der Waals surface area contributed by atoms with E-state index in [-0.39, 0.29) is 29.1 Å². The molecular weight excluding hydrogens is 479 g/mol. The lowest BCUT2D eigenvalue weighted by Gasteiger charge is -2.56. The minimum atomic E-state index is -5.01. The van der Waals surface area contributed by atoms with E-state index in [1.807, 2.05) is 0 Å². The van der Waals surface area contributed by atoms with Crippen LogP contribution in [-0.4, -0.2) is 41.8 Å². The van der Waals surface area contributed by atoms with E-state index in [1.54, 1.807) is 0 Å². The number of ether oxygens (including phenoxy) is 1. The zero-order valence-corrected chi connectivity index (χ0v) is 21.8. The molecule has 206 valence electrons. The molecule has 0 saturated heterocycles. The summed E-state index contributed by atoms with van der Waals surface area (Å²) in [5.41, 5.74) is 2.13. The first-order valence-electron chi connectivity index (χ1n) is 13.4. The predicted molar refractivity (Wildman–Crippen MR) is 127 cm³/mol. The average Bonchev–Trinajstić information content (AvgIpc) is 3.14. The number of allylic oxidation sites excluding steroid dienone is 3. The molecule has 0 heterocycles. The van der Waals surface area contributed by atoms with Crippen molar-refractivity contribution in [2.45, 2.75) is 103 Å². The van der Waals surface area contributed by atoms with Crippen LogP contribution in [0.5, 0.6) is 0 Å². The van der Waals surface area contributed by atoms with Gasteiger partial charge in [-0.3, -0.25) is 0 Å². The quantitative estimate of drug-likeness (QED) is 0.354. The molecule has 36 heavy (non-hydrogen) atoms. The van der Waals surface area contributed by atoms with Crippen LogP contribution in [0.4, 0.5) is 22.0 Å². The number of aliphatic hydroxyl groups is 2. The molecule has 0 aromatic rings. The van der Waals surface area contributed by atoms with Gasteiger partial charge in [0.25, 0.3) is 0 Å². The second kappa shape index (κ2) is 9.64. The summed E-state index contributed by atoms with van der Waals surface area (Å²) in [6.07, 6.45) is -1.27. The van der Waals surface area contributed by atoms with E-state index >= 15 is 0 Å². The Morgan fingerprint density at radius 3 is 2.36 bits per heavy atom. The fourth-order valence-corrected chi connectivity index (χ4v) is 8.53. The molecule has 0 radical (unpaired) electrons. The molecule has 4 rings (SSSR count). The molecule has 0 spiro atoms. The minimum absolute atomic E-state index is 0.00246. The zero-order valence-electron chi connectivity index (χ0n) is 21.8. The maximum absolute atomic E-state index is 13.8. The van der Waals surface area contributed by atoms with Crippen LogP contribution in [0.2, 0.25) is 0 Å². The van der Waals surface area contributed by atoms with E-state index in [4.69, 9.17) is 0 Å². The van der Waals surface area contributed by atoms with Crippen molar-refractivity contribution in [3.63, 3.8) is 0 Å². The Morgan fingerprint density at radius 1 is 1.03 bits per heavy atom. The summed E-state index contributed by atoms with van der Waals surface area (Å²) in [6, 6.07) is 0. The first-order chi connectivity index (χ1) is 16.7. The molecule has 3 saturated carbocycles. The topological polar surface area (TPSA) is 49.7 Å². The SMILES string of the molecule is COC(F)(F)C(CCC[C@@H](C)[C@H]1CC[C@H]2C3=CC=C4C[C@H](O)C[C@H](O)[C@]4(C)[C@H]3CC[C@]12C)C(F)(F)F. The molecule has 0 aliphatic heterocycles. The minimum Gasteiger partial charge on any atom is -0.393 e. The maximum atomic E-state index is 13.8. The summed E-state index contributed by atoms with van der Waals surface area (Å²) in [5, 5.41) is 21.2. The molecule has 3 fully saturated rings. The van der Waals surface area contributed by atoms with Crippen molar-refractivity contribution in [1.82, 2.24) is 0 Å². The number of halogens is 5. The number of rotatable bonds is 7. The average molecular weight is 521 g/mol. The van der Waals surface area contributed by atoms with Crippen LogP contribution in [0.15, 0.2) is 23.3 Å². The number of fused-ring (bicyclic) bond motifs is 5. The smallest absolute Gasteiger partial charge is 0.393 e. The van der Waals surface area contributed by atoms with Gasteiger partial charge in [-0.1, -0.05) is 56.9 Å². The Morgan fingerprint density at radius 2 is 1.72 bits per heavy atom. The summed E-state index contributed by atoms with van der Waals surface area (Å²) in [5.74, 6) is -1.77. The molecule has 3 nitrogen and oxygen atoms in total. The molecule has 8 heteroatoms. The van der Waals surface area contributed by atoms with Gasteiger partial charge in [0.1, 0.15) is 5.92 Å². The third-order valence-electron chi connectivity index (χ3n) is 10.6. The van der Waals surface area contributed by atoms with E-state index < -0.39 is 36.8 Å². The number of hydrogen-bond donors (Lipinski definition) is 2. The lowest BCUT2D eigenvalue weighted by Crippen LogP contribution is -2.52. The number of hydrogen-bond acceptors (Lipinski definition) is 3. The van der Waals surface area contributed by atoms with Gasteiger partial charge in [0.15, 0.2) is 0 Å². The van der Waals surface area contributed by atoms with Gasteiger partial charge in [-0.15, -0.1) is 0 Å². The Labute approximate surface area is 211 Å². The summed E-state index contributed by atoms with van der Waals surface area (Å²) in [7, 11) is 0.615. The van der Waals surface area contributed by atoms with E-state index in [9.17, 15) is 32.2 Å². The predicted octanol–water partition coefficient (Wildman–Crippen LogP) is 7.04. The third kappa shape index (κ3) is 4.57. The van der Waals surface area contributed by atoms with E-state index in [0.29, 0.717) is 38.2 Å². The lowest BCUT2D eigenvalue weighted by atomic mass is 9.49. The van der Waals surface area contributed by atoms with Crippen molar-refractivity contribution in [1.29, 1.82) is 0 Å². The van der Waals surface area contributed by atoms with Gasteiger partial charge < -0.3 is 14.9 Å². The van der Waals surface area contributed by atoms with Gasteiger partial charge in [-0.2, -0.15) is 22.0 Å². The van der Waals surface area contributed by atoms with E-state index in [0.717, 1.165) is 31.3 Å². The molecule has 0 amide bonds. The van der Waals surface area contributed by atoms with Gasteiger partial charge in [-0.05, 0) is 67.6 Å². The Balaban J connectivity index is 1.46. The number of alkyl halides is 5. The third-order valence-corrected chi connectivity index (χ3v) is 10.6. The van der Waals surface area contributed by atoms with Gasteiger partial charge in [0, 0.05) is 18.9 Å². The largest absolute Gasteiger partial charge is 0.400 e. The molecule has 4 aliphatic carbocycles. The van der Waals surface area contributed by atoms with Crippen molar-refractivity contribution in [3.05, 3.63) is 23.3 Å². The van der Waals surface area contributed by atoms with Gasteiger partial charge in [-0.25, -0.2) is 0 Å². The molecule has 0 bridgehead atoms. The van der Waals surface area contributed by atoms with Crippen LogP contribution < -0.4 is 0 Å². The molecule has 0 aromatic carbocycles. The highest BCUT2D eigenvalue weighted by Gasteiger charge is 2.59. The van der Waals surface area contributed by atoms with E-state index in [2.05, 4.69) is 37.7 Å². The summed E-state index contributed by atoms with van der Waals surface area (Å²) in [6.45, 7) is 6.49. The summed E-state index contributed by atoms with van der Waals surface area (Å²) < 4.78 is 71.3. The van der Waals surface area contributed by atoms with Crippen LogP contribution in [0.1, 0.15) is 78.6 Å². The van der Waals surface area contributed by atoms with Crippen molar-refractivity contribution in [2.75, 3.05) is 7.11 Å². The summed E-state index contributed by atoms with van der Waals surface area (Å²) in [4.78, 5) is 0. The highest BCUT2D eigenvalue weighted by molar-refractivity contribution is 5.40. The van der Waals surface area contributed by atoms with Crippen LogP contribution in [-0.2, 0) is 4.74 Å². The van der Waals surface area contributed by atoms with Crippen molar-refractivity contribution >= 4 is 0 Å². The molecule has 1 unspecified atom stereocenters. The standard InChI is InChI=1S/C28H41F5O3/c1-16(6-5-7-23(27(29,30)31)28(32,33)36-4)20-10-11-21-19-9-8-17-14-18(34)15-24(35)26(17,3)22(19)12-13-25(20,21)2/h8-9,16,18,20-24,34-35H,5-7,10-15H2,1-4H3/t16-,18+,20-,21+,22+,23?,24+,25-,26+/m1/s1. The molecule has 4 aliphatic rings.